The molecular weight excluding hydrogens is 176 g/mol. The maximum Gasteiger partial charge on any atom is 0.204 e. The van der Waals surface area contributed by atoms with E-state index in [1.54, 1.807) is 0 Å². The second-order valence-electron chi connectivity index (χ2n) is 3.01. The van der Waals surface area contributed by atoms with Crippen LogP contribution in [0.25, 0.3) is 22.1 Å². The molecule has 0 N–H and O–H groups in total. The van der Waals surface area contributed by atoms with Crippen LogP contribution < -0.4 is 0 Å². The van der Waals surface area contributed by atoms with Gasteiger partial charge in [0.1, 0.15) is 5.52 Å². The Morgan fingerprint density at radius 2 is 1.79 bits per heavy atom. The molecule has 4 nitrogen and oxygen atoms in total. The minimum Gasteiger partial charge on any atom is -0.225 e. The Hall–Kier alpha value is -2.10. The molecule has 0 saturated carbocycles. The van der Waals surface area contributed by atoms with Crippen LogP contribution in [0.4, 0.5) is 0 Å². The molecule has 0 aliphatic rings. The monoisotopic (exact) mass is 182 g/mol. The zero-order chi connectivity index (χ0) is 9.38. The minimum absolute atomic E-state index is 0.601. The number of fused-ring (bicyclic) bond motifs is 2. The summed E-state index contributed by atoms with van der Waals surface area (Å²) in [6.45, 7) is 0. The molecule has 2 heterocycles. The van der Waals surface area contributed by atoms with Gasteiger partial charge in [0.2, 0.25) is 5.65 Å². The summed E-state index contributed by atoms with van der Waals surface area (Å²) in [4.78, 5) is 4.34. The second-order valence-corrected chi connectivity index (χ2v) is 3.01. The number of rotatable bonds is 0. The van der Waals surface area contributed by atoms with Gasteiger partial charge in [-0.2, -0.15) is 0 Å². The van der Waals surface area contributed by atoms with Crippen molar-refractivity contribution < 1.29 is 0 Å². The van der Waals surface area contributed by atoms with E-state index in [1.807, 2.05) is 36.4 Å². The molecule has 0 saturated heterocycles. The van der Waals surface area contributed by atoms with Gasteiger partial charge in [-0.25, -0.2) is 4.98 Å². The van der Waals surface area contributed by atoms with Crippen LogP contribution >= 0.6 is 0 Å². The van der Waals surface area contributed by atoms with Crippen molar-refractivity contribution in [3.05, 3.63) is 36.4 Å². The second kappa shape index (κ2) is 2.70. The van der Waals surface area contributed by atoms with Crippen LogP contribution in [-0.4, -0.2) is 20.4 Å². The molecule has 0 spiro atoms. The fourth-order valence-corrected chi connectivity index (χ4v) is 1.42. The molecule has 4 heteroatoms. The maximum absolute atomic E-state index is 4.34. The topological polar surface area (TPSA) is 51.6 Å². The average Bonchev–Trinajstić information content (AvgIpc) is 2.51. The van der Waals surface area contributed by atoms with E-state index in [2.05, 4.69) is 20.4 Å². The van der Waals surface area contributed by atoms with Crippen LogP contribution in [0.2, 0.25) is 0 Å². The summed E-state index contributed by atoms with van der Waals surface area (Å²) in [6, 6.07) is 11.8. The molecule has 0 bridgehead atoms. The normalized spacial score (nSPS) is 10.9. The van der Waals surface area contributed by atoms with Crippen molar-refractivity contribution in [1.29, 1.82) is 0 Å². The third-order valence-corrected chi connectivity index (χ3v) is 2.09. The Labute approximate surface area is 79.6 Å². The molecule has 0 aliphatic carbocycles. The Bertz CT molecular complexity index is 556. The molecule has 0 amide bonds. The lowest BCUT2D eigenvalue weighted by molar-refractivity contribution is 0.955. The first kappa shape index (κ1) is 7.32. The van der Waals surface area contributed by atoms with Crippen molar-refractivity contribution in [3.8, 4) is 0 Å². The van der Waals surface area contributed by atoms with Crippen molar-refractivity contribution in [3.63, 3.8) is 0 Å². The Balaban J connectivity index is 2.55. The van der Waals surface area contributed by atoms with Crippen LogP contribution in [0.1, 0.15) is 0 Å². The highest BCUT2D eigenvalue weighted by molar-refractivity contribution is 5.88. The fraction of sp³-hybridized carbons (Fsp3) is 0. The van der Waals surface area contributed by atoms with Gasteiger partial charge in [0, 0.05) is 5.39 Å². The zero-order valence-electron chi connectivity index (χ0n) is 7.25. The molecule has 0 radical (unpaired) electrons. The van der Waals surface area contributed by atoms with Crippen molar-refractivity contribution >= 4 is 22.1 Å². The molecular formula is C10H6N4. The quantitative estimate of drug-likeness (QED) is 0.529. The lowest BCUT2D eigenvalue weighted by Gasteiger charge is -1.89. The summed E-state index contributed by atoms with van der Waals surface area (Å²) in [5.41, 5.74) is 2.25. The van der Waals surface area contributed by atoms with Gasteiger partial charge in [-0.15, -0.1) is 10.2 Å². The van der Waals surface area contributed by atoms with E-state index in [1.165, 1.54) is 0 Å². The Morgan fingerprint density at radius 1 is 0.857 bits per heavy atom. The molecule has 2 aromatic heterocycles. The third kappa shape index (κ3) is 1.01. The van der Waals surface area contributed by atoms with Gasteiger partial charge >= 0.3 is 0 Å². The summed E-state index contributed by atoms with van der Waals surface area (Å²) in [5.74, 6) is 0. The van der Waals surface area contributed by atoms with Gasteiger partial charge in [0.15, 0.2) is 0 Å². The van der Waals surface area contributed by atoms with Crippen LogP contribution in [0, 0.1) is 0 Å². The van der Waals surface area contributed by atoms with E-state index in [-0.39, 0.29) is 0 Å². The molecule has 3 aromatic rings. The smallest absolute Gasteiger partial charge is 0.204 e. The maximum atomic E-state index is 4.34. The molecule has 14 heavy (non-hydrogen) atoms. The van der Waals surface area contributed by atoms with E-state index in [0.29, 0.717) is 5.65 Å². The van der Waals surface area contributed by atoms with Crippen molar-refractivity contribution in [2.24, 2.45) is 0 Å². The summed E-state index contributed by atoms with van der Waals surface area (Å²) in [5, 5.41) is 12.3. The van der Waals surface area contributed by atoms with Crippen LogP contribution in [0.5, 0.6) is 0 Å². The summed E-state index contributed by atoms with van der Waals surface area (Å²) in [6.07, 6.45) is 0. The first-order valence-corrected chi connectivity index (χ1v) is 4.28. The summed E-state index contributed by atoms with van der Waals surface area (Å²) in [7, 11) is 0. The Kier molecular flexibility index (Phi) is 1.41. The highest BCUT2D eigenvalue weighted by Gasteiger charge is 2.01. The molecule has 3 rings (SSSR count). The SMILES string of the molecule is c1ccc2cc3nnnc3nc2cc1. The van der Waals surface area contributed by atoms with E-state index in [0.717, 1.165) is 16.4 Å². The number of aromatic nitrogens is 4. The largest absolute Gasteiger partial charge is 0.225 e. The predicted molar refractivity (Wildman–Crippen MR) is 52.6 cm³/mol. The summed E-state index contributed by atoms with van der Waals surface area (Å²) < 4.78 is 0. The molecule has 0 unspecified atom stereocenters. The highest BCUT2D eigenvalue weighted by atomic mass is 15.3. The standard InChI is InChI=1S/C10H6N4/c1-2-4-7-6-9-10(13-14-12-9)11-8(7)5-3-1/h1-6H. The van der Waals surface area contributed by atoms with Gasteiger partial charge in [-0.05, 0) is 17.3 Å². The van der Waals surface area contributed by atoms with Crippen LogP contribution in [-0.2, 0) is 0 Å². The van der Waals surface area contributed by atoms with E-state index in [9.17, 15) is 0 Å². The predicted octanol–water partition coefficient (Wildman–Crippen LogP) is 1.57. The molecule has 0 fully saturated rings. The number of hydrogen-bond acceptors (Lipinski definition) is 4. The van der Waals surface area contributed by atoms with E-state index >= 15 is 0 Å². The number of pyridine rings is 1. The van der Waals surface area contributed by atoms with E-state index in [4.69, 9.17) is 0 Å². The lowest BCUT2D eigenvalue weighted by Crippen LogP contribution is -1.77. The fourth-order valence-electron chi connectivity index (χ4n) is 1.42. The number of nitrogens with zero attached hydrogens (tertiary/aromatic N) is 4. The highest BCUT2D eigenvalue weighted by Crippen LogP contribution is 2.14. The molecule has 1 aromatic carbocycles. The zero-order valence-corrected chi connectivity index (χ0v) is 7.25. The molecule has 0 atom stereocenters. The molecule has 66 valence electrons. The van der Waals surface area contributed by atoms with Crippen molar-refractivity contribution in [1.82, 2.24) is 20.4 Å². The van der Waals surface area contributed by atoms with Crippen molar-refractivity contribution in [2.45, 2.75) is 0 Å². The van der Waals surface area contributed by atoms with Crippen LogP contribution in [0.15, 0.2) is 36.4 Å². The first-order valence-electron chi connectivity index (χ1n) is 4.28. The van der Waals surface area contributed by atoms with Gasteiger partial charge in [-0.1, -0.05) is 24.3 Å². The Morgan fingerprint density at radius 3 is 2.79 bits per heavy atom. The van der Waals surface area contributed by atoms with Crippen LogP contribution in [0.3, 0.4) is 0 Å². The lowest BCUT2D eigenvalue weighted by atomic mass is 10.2. The van der Waals surface area contributed by atoms with Gasteiger partial charge in [0.25, 0.3) is 0 Å². The van der Waals surface area contributed by atoms with Gasteiger partial charge in [-0.3, -0.25) is 0 Å². The summed E-state index contributed by atoms with van der Waals surface area (Å²) >= 11 is 0. The van der Waals surface area contributed by atoms with Gasteiger partial charge < -0.3 is 0 Å². The van der Waals surface area contributed by atoms with Crippen molar-refractivity contribution in [2.75, 3.05) is 0 Å². The average molecular weight is 182 g/mol. The number of hydrogen-bond donors (Lipinski definition) is 0. The molecule has 0 aliphatic heterocycles. The third-order valence-electron chi connectivity index (χ3n) is 2.09. The van der Waals surface area contributed by atoms with E-state index < -0.39 is 0 Å². The first-order chi connectivity index (χ1) is 6.93. The van der Waals surface area contributed by atoms with Gasteiger partial charge in [0.05, 0.1) is 5.52 Å². The minimum atomic E-state index is 0.601.